The average molecular weight is 1390 g/mol. The molecule has 520 valence electrons. The number of aryl methyl sites for hydroxylation is 2. The first-order valence-corrected chi connectivity index (χ1v) is 36.9. The molecule has 0 aliphatic carbocycles. The first-order chi connectivity index (χ1) is 53.3. The predicted octanol–water partition coefficient (Wildman–Crippen LogP) is 26.6. The van der Waals surface area contributed by atoms with E-state index in [4.69, 9.17) is 0 Å². The van der Waals surface area contributed by atoms with Crippen LogP contribution < -0.4 is 9.80 Å². The summed E-state index contributed by atoms with van der Waals surface area (Å²) in [6.45, 7) is 4.26. The van der Waals surface area contributed by atoms with Crippen LogP contribution in [0, 0.1) is 13.8 Å². The molecule has 0 aromatic heterocycles. The fourth-order valence-corrected chi connectivity index (χ4v) is 14.2. The lowest BCUT2D eigenvalue weighted by Crippen LogP contribution is -2.11. The minimum atomic E-state index is 0.000729. The summed E-state index contributed by atoms with van der Waals surface area (Å²) in [7, 11) is 0. The summed E-state index contributed by atoms with van der Waals surface area (Å²) in [6.07, 6.45) is 9.18. The van der Waals surface area contributed by atoms with E-state index in [0.29, 0.717) is 0 Å². The minimum Gasteiger partial charge on any atom is -0.392 e. The molecule has 108 heavy (non-hydrogen) atoms. The molecule has 4 heteroatoms. The molecule has 0 atom stereocenters. The Morgan fingerprint density at radius 1 is 0.222 bits per heavy atom. The van der Waals surface area contributed by atoms with E-state index in [1.54, 1.807) is 0 Å². The third-order valence-electron chi connectivity index (χ3n) is 19.9. The van der Waals surface area contributed by atoms with Crippen molar-refractivity contribution < 1.29 is 10.2 Å². The third-order valence-corrected chi connectivity index (χ3v) is 19.9. The number of nitrogens with zero attached hydrogens (tertiary/aromatic N) is 2. The van der Waals surface area contributed by atoms with Gasteiger partial charge in [0.2, 0.25) is 0 Å². The molecule has 0 aliphatic rings. The van der Waals surface area contributed by atoms with E-state index in [9.17, 15) is 10.2 Å². The van der Waals surface area contributed by atoms with Crippen LogP contribution in [0.3, 0.4) is 0 Å². The second-order valence-corrected chi connectivity index (χ2v) is 27.1. The number of hydrogen-bond acceptors (Lipinski definition) is 4. The van der Waals surface area contributed by atoms with Crippen LogP contribution in [0.15, 0.2) is 400 Å². The number of anilines is 6. The molecule has 4 nitrogen and oxygen atoms in total. The van der Waals surface area contributed by atoms with Crippen molar-refractivity contribution in [2.45, 2.75) is 27.1 Å². The molecule has 0 saturated heterocycles. The number of aliphatic hydroxyl groups is 2. The molecule has 0 bridgehead atoms. The van der Waals surface area contributed by atoms with Crippen LogP contribution in [-0.2, 0) is 13.2 Å². The topological polar surface area (TPSA) is 46.9 Å². The van der Waals surface area contributed by atoms with Crippen molar-refractivity contribution in [1.82, 2.24) is 0 Å². The van der Waals surface area contributed by atoms with Crippen molar-refractivity contribution in [3.05, 3.63) is 489 Å². The maximum absolute atomic E-state index is 9.88. The van der Waals surface area contributed by atoms with Gasteiger partial charge in [-0.3, -0.25) is 0 Å². The van der Waals surface area contributed by atoms with E-state index in [-0.39, 0.29) is 13.2 Å². The maximum Gasteiger partial charge on any atom is 0.0681 e. The van der Waals surface area contributed by atoms with Crippen LogP contribution in [0.5, 0.6) is 0 Å². The molecular formula is C104H82N2O2. The second-order valence-electron chi connectivity index (χ2n) is 27.1. The van der Waals surface area contributed by atoms with E-state index in [1.165, 1.54) is 88.7 Å². The van der Waals surface area contributed by atoms with Crippen molar-refractivity contribution >= 4 is 102 Å². The van der Waals surface area contributed by atoms with Gasteiger partial charge in [0.05, 0.1) is 24.6 Å². The van der Waals surface area contributed by atoms with Gasteiger partial charge in [0.25, 0.3) is 0 Å². The van der Waals surface area contributed by atoms with Gasteiger partial charge in [-0.25, -0.2) is 0 Å². The van der Waals surface area contributed by atoms with Gasteiger partial charge in [-0.2, -0.15) is 0 Å². The van der Waals surface area contributed by atoms with Crippen LogP contribution in [0.2, 0.25) is 0 Å². The lowest BCUT2D eigenvalue weighted by atomic mass is 9.92. The second kappa shape index (κ2) is 33.5. The van der Waals surface area contributed by atoms with Crippen molar-refractivity contribution in [3.63, 3.8) is 0 Å². The molecule has 16 aromatic rings. The highest BCUT2D eigenvalue weighted by molar-refractivity contribution is 6.08. The fourth-order valence-electron chi connectivity index (χ4n) is 14.2. The summed E-state index contributed by atoms with van der Waals surface area (Å²) in [4.78, 5) is 4.63. The molecule has 0 heterocycles. The molecule has 0 amide bonds. The zero-order valence-corrected chi connectivity index (χ0v) is 60.6. The Morgan fingerprint density at radius 2 is 0.454 bits per heavy atom. The Labute approximate surface area is 634 Å². The summed E-state index contributed by atoms with van der Waals surface area (Å²) in [5.74, 6) is 0. The van der Waals surface area contributed by atoms with Crippen molar-refractivity contribution in [3.8, 4) is 0 Å². The van der Waals surface area contributed by atoms with Gasteiger partial charge in [-0.1, -0.05) is 351 Å². The third kappa shape index (κ3) is 16.2. The van der Waals surface area contributed by atoms with E-state index < -0.39 is 0 Å². The van der Waals surface area contributed by atoms with Gasteiger partial charge in [-0.05, 0) is 210 Å². The number of benzene rings is 16. The zero-order valence-electron chi connectivity index (χ0n) is 60.6. The zero-order chi connectivity index (χ0) is 73.4. The van der Waals surface area contributed by atoms with E-state index >= 15 is 0 Å². The Bertz CT molecular complexity index is 5630. The first kappa shape index (κ1) is 70.2. The molecule has 0 aliphatic heterocycles. The molecule has 0 spiro atoms. The highest BCUT2D eigenvalue weighted by Crippen LogP contribution is 2.44. The van der Waals surface area contributed by atoms with Crippen LogP contribution in [-0.4, -0.2) is 10.2 Å². The smallest absolute Gasteiger partial charge is 0.0681 e. The Morgan fingerprint density at radius 3 is 0.722 bits per heavy atom. The highest BCUT2D eigenvalue weighted by atomic mass is 16.3. The Kier molecular flexibility index (Phi) is 21.8. The summed E-state index contributed by atoms with van der Waals surface area (Å²) < 4.78 is 0. The molecule has 2 N–H and O–H groups in total. The summed E-state index contributed by atoms with van der Waals surface area (Å²) >= 11 is 0. The Hall–Kier alpha value is -13.5. The quantitative estimate of drug-likeness (QED) is 0.0747. The first-order valence-electron chi connectivity index (χ1n) is 36.9. The minimum absolute atomic E-state index is 0.000729. The molecule has 0 radical (unpaired) electrons. The van der Waals surface area contributed by atoms with Gasteiger partial charge in [0.1, 0.15) is 0 Å². The summed E-state index contributed by atoms with van der Waals surface area (Å²) in [5.41, 5.74) is 29.2. The number of rotatable bonds is 20. The van der Waals surface area contributed by atoms with Crippen LogP contribution in [0.25, 0.3) is 68.1 Å². The van der Waals surface area contributed by atoms with Gasteiger partial charge in [0.15, 0.2) is 0 Å². The van der Waals surface area contributed by atoms with Crippen molar-refractivity contribution in [2.75, 3.05) is 9.80 Å². The van der Waals surface area contributed by atoms with E-state index in [0.717, 1.165) is 78.3 Å². The van der Waals surface area contributed by atoms with Crippen molar-refractivity contribution in [1.29, 1.82) is 0 Å². The standard InChI is InChI=1S/C53H43NO.C51H39NO/c1-38-17-25-44(26-18-38)52(45-27-19-39(2)20-28-45)36-46-29-34-53(50-16-10-9-15-49(46)50)54(48-32-23-41(37-55)24-33-48)47-30-21-40(22-31-47)35-51(42-11-5-3-6-12-42)43-13-7-4-8-14-43;53-37-39-27-32-46(33-28-39)52(45-30-25-38(26-31-45)35-49(40-15-5-1-6-16-40)41-17-7-2-8-18-41)51-34-29-44(47-23-13-14-24-48(47)51)36-50(42-19-9-3-10-20-42)43-21-11-4-12-22-43/h3-36,55H,37H2,1-2H3;1-36,53H,37H2. The summed E-state index contributed by atoms with van der Waals surface area (Å²) in [6, 6.07) is 141. The van der Waals surface area contributed by atoms with Crippen LogP contribution >= 0.6 is 0 Å². The molecule has 0 unspecified atom stereocenters. The monoisotopic (exact) mass is 1390 g/mol. The largest absolute Gasteiger partial charge is 0.392 e. The lowest BCUT2D eigenvalue weighted by Gasteiger charge is -2.27. The van der Waals surface area contributed by atoms with Gasteiger partial charge in [-0.15, -0.1) is 0 Å². The summed E-state index contributed by atoms with van der Waals surface area (Å²) in [5, 5.41) is 24.4. The molecule has 0 fully saturated rings. The molecular weight excluding hydrogens is 1310 g/mol. The SMILES string of the molecule is Cc1ccc(C(=Cc2ccc(N(c3ccc(C=C(c4ccccc4)c4ccccc4)cc3)c3ccc(CO)cc3)c3ccccc23)c2ccc(C)cc2)cc1.OCc1ccc(N(c2ccc(C=C(c3ccccc3)c3ccccc3)cc2)c2ccc(C=C(c3ccccc3)c3ccccc3)c3ccccc23)cc1. The average Bonchev–Trinajstić information content (AvgIpc) is 0.769. The normalized spacial score (nSPS) is 10.9. The number of hydrogen-bond donors (Lipinski definition) is 2. The van der Waals surface area contributed by atoms with Crippen LogP contribution in [0.1, 0.15) is 89.0 Å². The van der Waals surface area contributed by atoms with E-state index in [2.05, 4.69) is 424 Å². The van der Waals surface area contributed by atoms with Gasteiger partial charge in [0, 0.05) is 33.5 Å². The molecule has 0 saturated carbocycles. The Balaban J connectivity index is 0.000000172. The maximum atomic E-state index is 9.88. The lowest BCUT2D eigenvalue weighted by molar-refractivity contribution is 0.281. The fraction of sp³-hybridized carbons (Fsp3) is 0.0385. The van der Waals surface area contributed by atoms with E-state index in [1.807, 2.05) is 24.3 Å². The van der Waals surface area contributed by atoms with Crippen molar-refractivity contribution in [2.24, 2.45) is 0 Å². The number of aliphatic hydroxyl groups excluding tert-OH is 2. The highest BCUT2D eigenvalue weighted by Gasteiger charge is 2.21. The molecule has 16 rings (SSSR count). The molecule has 16 aromatic carbocycles. The van der Waals surface area contributed by atoms with Gasteiger partial charge < -0.3 is 20.0 Å². The predicted molar refractivity (Wildman–Crippen MR) is 458 cm³/mol. The van der Waals surface area contributed by atoms with Gasteiger partial charge >= 0.3 is 0 Å². The van der Waals surface area contributed by atoms with Crippen LogP contribution in [0.4, 0.5) is 34.1 Å². The number of fused-ring (bicyclic) bond motifs is 2.